The molecule has 80 valence electrons. The number of carbonyl (C=O) groups is 1. The van der Waals surface area contributed by atoms with E-state index in [1.807, 2.05) is 20.8 Å². The lowest BCUT2D eigenvalue weighted by molar-refractivity contribution is -0.123. The number of aliphatic imine (C=N–C) groups is 1. The molecule has 0 aromatic heterocycles. The van der Waals surface area contributed by atoms with Crippen LogP contribution < -0.4 is 11.1 Å². The summed E-state index contributed by atoms with van der Waals surface area (Å²) in [5.41, 5.74) is 7.11. The average molecular weight is 197 g/mol. The Labute approximate surface area is 85.3 Å². The second kappa shape index (κ2) is 6.18. The summed E-state index contributed by atoms with van der Waals surface area (Å²) in [6.07, 6.45) is 1.48. The second-order valence-electron chi connectivity index (χ2n) is 3.37. The molecule has 0 atom stereocenters. The van der Waals surface area contributed by atoms with E-state index in [0.717, 1.165) is 11.3 Å². The van der Waals surface area contributed by atoms with Crippen molar-refractivity contribution < 1.29 is 4.79 Å². The molecule has 0 fully saturated rings. The highest BCUT2D eigenvalue weighted by molar-refractivity contribution is 5.98. The molecule has 0 heterocycles. The van der Waals surface area contributed by atoms with Crippen LogP contribution in [0.4, 0.5) is 0 Å². The highest BCUT2D eigenvalue weighted by Gasteiger charge is 2.07. The Bertz CT molecular complexity index is 254. The van der Waals surface area contributed by atoms with Gasteiger partial charge in [0, 0.05) is 37.0 Å². The molecule has 0 bridgehead atoms. The van der Waals surface area contributed by atoms with Crippen molar-refractivity contribution in [3.8, 4) is 0 Å². The summed E-state index contributed by atoms with van der Waals surface area (Å²) in [4.78, 5) is 15.3. The molecule has 0 aromatic rings. The third-order valence-corrected chi connectivity index (χ3v) is 1.98. The molecule has 0 radical (unpaired) electrons. The summed E-state index contributed by atoms with van der Waals surface area (Å²) >= 11 is 0. The zero-order chi connectivity index (χ0) is 11.1. The molecular formula is C10H19N3O. The molecule has 0 aliphatic carbocycles. The predicted octanol–water partition coefficient (Wildman–Crippen LogP) is 0.692. The first-order valence-electron chi connectivity index (χ1n) is 4.65. The highest BCUT2D eigenvalue weighted by atomic mass is 16.1. The van der Waals surface area contributed by atoms with E-state index in [1.165, 1.54) is 6.20 Å². The second-order valence-corrected chi connectivity index (χ2v) is 3.37. The standard InChI is InChI=1S/C10H19N3O/c1-7(2)10(14)13-6-9(5-11)8(3)12-4/h5,7H,6,11H2,1-4H3,(H,13,14). The quantitative estimate of drug-likeness (QED) is 0.651. The van der Waals surface area contributed by atoms with Gasteiger partial charge in [-0.25, -0.2) is 0 Å². The third-order valence-electron chi connectivity index (χ3n) is 1.98. The Morgan fingerprint density at radius 1 is 1.57 bits per heavy atom. The molecule has 0 aliphatic heterocycles. The summed E-state index contributed by atoms with van der Waals surface area (Å²) in [5.74, 6) is 0.0150. The molecule has 0 rings (SSSR count). The number of carbonyl (C=O) groups excluding carboxylic acids is 1. The van der Waals surface area contributed by atoms with Crippen molar-refractivity contribution in [3.63, 3.8) is 0 Å². The summed E-state index contributed by atoms with van der Waals surface area (Å²) in [7, 11) is 1.70. The van der Waals surface area contributed by atoms with E-state index in [-0.39, 0.29) is 11.8 Å². The van der Waals surface area contributed by atoms with E-state index < -0.39 is 0 Å². The van der Waals surface area contributed by atoms with Crippen molar-refractivity contribution in [2.75, 3.05) is 13.6 Å². The van der Waals surface area contributed by atoms with Crippen molar-refractivity contribution in [2.24, 2.45) is 16.6 Å². The highest BCUT2D eigenvalue weighted by Crippen LogP contribution is 1.96. The maximum Gasteiger partial charge on any atom is 0.222 e. The van der Waals surface area contributed by atoms with Crippen LogP contribution in [0.1, 0.15) is 20.8 Å². The van der Waals surface area contributed by atoms with Gasteiger partial charge in [-0.3, -0.25) is 9.79 Å². The van der Waals surface area contributed by atoms with Gasteiger partial charge in [0.2, 0.25) is 5.91 Å². The van der Waals surface area contributed by atoms with Gasteiger partial charge < -0.3 is 11.1 Å². The van der Waals surface area contributed by atoms with E-state index in [1.54, 1.807) is 7.05 Å². The largest absolute Gasteiger partial charge is 0.404 e. The van der Waals surface area contributed by atoms with Gasteiger partial charge in [0.05, 0.1) is 0 Å². The molecule has 0 unspecified atom stereocenters. The Kier molecular flexibility index (Phi) is 5.60. The van der Waals surface area contributed by atoms with Gasteiger partial charge in [-0.1, -0.05) is 13.8 Å². The summed E-state index contributed by atoms with van der Waals surface area (Å²) in [6, 6.07) is 0. The molecule has 1 amide bonds. The lowest BCUT2D eigenvalue weighted by Crippen LogP contribution is -2.31. The first-order chi connectivity index (χ1) is 6.52. The normalized spacial score (nSPS) is 13.2. The summed E-state index contributed by atoms with van der Waals surface area (Å²) in [6.45, 7) is 6.00. The monoisotopic (exact) mass is 197 g/mol. The minimum absolute atomic E-state index is 0.00658. The average Bonchev–Trinajstić information content (AvgIpc) is 2.17. The number of nitrogens with zero attached hydrogens (tertiary/aromatic N) is 1. The van der Waals surface area contributed by atoms with E-state index >= 15 is 0 Å². The fraction of sp³-hybridized carbons (Fsp3) is 0.600. The van der Waals surface area contributed by atoms with Crippen LogP contribution in [0.2, 0.25) is 0 Å². The van der Waals surface area contributed by atoms with Crippen LogP contribution in [0, 0.1) is 5.92 Å². The molecule has 0 spiro atoms. The fourth-order valence-corrected chi connectivity index (χ4v) is 0.838. The number of hydrogen-bond donors (Lipinski definition) is 2. The predicted molar refractivity (Wildman–Crippen MR) is 59.2 cm³/mol. The van der Waals surface area contributed by atoms with Gasteiger partial charge in [0.15, 0.2) is 0 Å². The lowest BCUT2D eigenvalue weighted by Gasteiger charge is -2.09. The third kappa shape index (κ3) is 4.07. The first-order valence-corrected chi connectivity index (χ1v) is 4.65. The Balaban J connectivity index is 4.18. The summed E-state index contributed by atoms with van der Waals surface area (Å²) < 4.78 is 0. The molecule has 4 heteroatoms. The Morgan fingerprint density at radius 3 is 2.50 bits per heavy atom. The van der Waals surface area contributed by atoms with Crippen molar-refractivity contribution in [1.29, 1.82) is 0 Å². The Morgan fingerprint density at radius 2 is 2.14 bits per heavy atom. The van der Waals surface area contributed by atoms with Crippen molar-refractivity contribution in [2.45, 2.75) is 20.8 Å². The molecule has 3 N–H and O–H groups in total. The van der Waals surface area contributed by atoms with Crippen LogP contribution >= 0.6 is 0 Å². The van der Waals surface area contributed by atoms with Crippen LogP contribution in [0.15, 0.2) is 16.8 Å². The maximum absolute atomic E-state index is 11.3. The molecule has 0 saturated heterocycles. The molecule has 0 aliphatic rings. The van der Waals surface area contributed by atoms with Gasteiger partial charge in [0.1, 0.15) is 0 Å². The SMILES string of the molecule is CN=C(C)C(=CN)CNC(=O)C(C)C. The van der Waals surface area contributed by atoms with Gasteiger partial charge in [-0.05, 0) is 6.92 Å². The first kappa shape index (κ1) is 12.7. The van der Waals surface area contributed by atoms with E-state index in [2.05, 4.69) is 10.3 Å². The lowest BCUT2D eigenvalue weighted by atomic mass is 10.1. The molecule has 14 heavy (non-hydrogen) atoms. The summed E-state index contributed by atoms with van der Waals surface area (Å²) in [5, 5.41) is 2.78. The topological polar surface area (TPSA) is 67.5 Å². The Hall–Kier alpha value is -1.32. The van der Waals surface area contributed by atoms with Crippen LogP contribution in [0.5, 0.6) is 0 Å². The number of rotatable bonds is 4. The van der Waals surface area contributed by atoms with Gasteiger partial charge in [-0.2, -0.15) is 0 Å². The van der Waals surface area contributed by atoms with Crippen molar-refractivity contribution in [1.82, 2.24) is 5.32 Å². The van der Waals surface area contributed by atoms with E-state index in [0.29, 0.717) is 6.54 Å². The number of nitrogens with two attached hydrogens (primary N) is 1. The molecule has 0 aromatic carbocycles. The number of hydrogen-bond acceptors (Lipinski definition) is 3. The van der Waals surface area contributed by atoms with Crippen LogP contribution in [-0.2, 0) is 4.79 Å². The van der Waals surface area contributed by atoms with E-state index in [4.69, 9.17) is 5.73 Å². The van der Waals surface area contributed by atoms with Crippen molar-refractivity contribution >= 4 is 11.6 Å². The number of amides is 1. The zero-order valence-electron chi connectivity index (χ0n) is 9.29. The van der Waals surface area contributed by atoms with E-state index in [9.17, 15) is 4.79 Å². The van der Waals surface area contributed by atoms with Gasteiger partial charge >= 0.3 is 0 Å². The van der Waals surface area contributed by atoms with Crippen LogP contribution in [-0.4, -0.2) is 25.2 Å². The van der Waals surface area contributed by atoms with Crippen LogP contribution in [0.3, 0.4) is 0 Å². The van der Waals surface area contributed by atoms with Crippen LogP contribution in [0.25, 0.3) is 0 Å². The molecule has 0 saturated carbocycles. The minimum Gasteiger partial charge on any atom is -0.404 e. The smallest absolute Gasteiger partial charge is 0.222 e. The minimum atomic E-state index is -0.00658. The maximum atomic E-state index is 11.3. The number of nitrogens with one attached hydrogen (secondary N) is 1. The van der Waals surface area contributed by atoms with Gasteiger partial charge in [0.25, 0.3) is 0 Å². The molecule has 4 nitrogen and oxygen atoms in total. The fourth-order valence-electron chi connectivity index (χ4n) is 0.838. The molecular weight excluding hydrogens is 178 g/mol. The van der Waals surface area contributed by atoms with Crippen molar-refractivity contribution in [3.05, 3.63) is 11.8 Å². The zero-order valence-corrected chi connectivity index (χ0v) is 9.29. The van der Waals surface area contributed by atoms with Gasteiger partial charge in [-0.15, -0.1) is 0 Å².